The monoisotopic (exact) mass is 305 g/mol. The Morgan fingerprint density at radius 1 is 1.35 bits per heavy atom. The number of alkyl halides is 4. The zero-order valence-electron chi connectivity index (χ0n) is 10.5. The van der Waals surface area contributed by atoms with Crippen molar-refractivity contribution < 1.29 is 22.8 Å². The molecule has 0 fully saturated rings. The second kappa shape index (κ2) is 5.09. The maximum Gasteiger partial charge on any atom is 0.471 e. The Labute approximate surface area is 118 Å². The Hall–Kier alpha value is -1.56. The second-order valence-corrected chi connectivity index (χ2v) is 5.18. The normalized spacial score (nSPS) is 15.9. The number of benzene rings is 1. The van der Waals surface area contributed by atoms with Crippen LogP contribution in [-0.4, -0.2) is 29.8 Å². The van der Waals surface area contributed by atoms with Gasteiger partial charge in [-0.2, -0.15) is 13.2 Å². The lowest BCUT2D eigenvalue weighted by Crippen LogP contribution is -2.40. The van der Waals surface area contributed by atoms with Gasteiger partial charge in [-0.15, -0.1) is 11.6 Å². The Kier molecular flexibility index (Phi) is 3.77. The number of amides is 1. The Morgan fingerprint density at radius 2 is 2.00 bits per heavy atom. The molecule has 20 heavy (non-hydrogen) atoms. The van der Waals surface area contributed by atoms with Crippen LogP contribution >= 0.6 is 11.6 Å². The van der Waals surface area contributed by atoms with Gasteiger partial charge in [0.25, 0.3) is 0 Å². The van der Waals surface area contributed by atoms with Crippen LogP contribution in [0.2, 0.25) is 0 Å². The quantitative estimate of drug-likeness (QED) is 0.622. The molecule has 1 heterocycles. The molecule has 7 heteroatoms. The molecule has 0 radical (unpaired) electrons. The highest BCUT2D eigenvalue weighted by molar-refractivity contribution is 6.33. The number of nitrogens with zero attached hydrogens (tertiary/aromatic N) is 1. The van der Waals surface area contributed by atoms with E-state index in [2.05, 4.69) is 0 Å². The zero-order valence-corrected chi connectivity index (χ0v) is 11.3. The molecule has 1 amide bonds. The molecule has 0 N–H and O–H groups in total. The highest BCUT2D eigenvalue weighted by atomic mass is 35.5. The third-order valence-electron chi connectivity index (χ3n) is 3.11. The molecule has 1 aromatic carbocycles. The fourth-order valence-electron chi connectivity index (χ4n) is 2.15. The number of carbonyl (C=O) groups excluding carboxylic acids is 2. The van der Waals surface area contributed by atoms with Gasteiger partial charge >= 0.3 is 12.1 Å². The minimum Gasteiger partial charge on any atom is -0.304 e. The molecule has 1 aromatic rings. The van der Waals surface area contributed by atoms with Crippen molar-refractivity contribution in [1.29, 1.82) is 0 Å². The molecule has 0 aromatic heterocycles. The molecule has 0 bridgehead atoms. The predicted octanol–water partition coefficient (Wildman–Crippen LogP) is 2.95. The van der Waals surface area contributed by atoms with E-state index in [-0.39, 0.29) is 24.4 Å². The van der Waals surface area contributed by atoms with Crippen LogP contribution in [0.1, 0.15) is 22.8 Å². The molecular weight excluding hydrogens is 295 g/mol. The molecule has 3 nitrogen and oxygen atoms in total. The summed E-state index contributed by atoms with van der Waals surface area (Å²) in [5.41, 5.74) is 1.09. The van der Waals surface area contributed by atoms with Gasteiger partial charge in [0.1, 0.15) is 0 Å². The number of halogens is 4. The summed E-state index contributed by atoms with van der Waals surface area (Å²) in [7, 11) is 0. The van der Waals surface area contributed by atoms with Crippen LogP contribution in [0.4, 0.5) is 18.9 Å². The van der Waals surface area contributed by atoms with Crippen LogP contribution in [-0.2, 0) is 11.2 Å². The van der Waals surface area contributed by atoms with Gasteiger partial charge in [-0.05, 0) is 37.1 Å². The standard InChI is InChI=1S/C13H11ClF3NO2/c1-7(14)11(19)9-2-3-10-8(6-9)4-5-18(10)12(20)13(15,16)17/h2-3,6-7H,4-5H2,1H3. The van der Waals surface area contributed by atoms with Crippen molar-refractivity contribution in [2.24, 2.45) is 0 Å². The number of carbonyl (C=O) groups is 2. The maximum atomic E-state index is 12.4. The molecule has 2 rings (SSSR count). The topological polar surface area (TPSA) is 37.4 Å². The van der Waals surface area contributed by atoms with Crippen molar-refractivity contribution in [1.82, 2.24) is 0 Å². The van der Waals surface area contributed by atoms with Crippen molar-refractivity contribution in [3.8, 4) is 0 Å². The summed E-state index contributed by atoms with van der Waals surface area (Å²) in [6.45, 7) is 1.48. The van der Waals surface area contributed by atoms with Gasteiger partial charge in [0.15, 0.2) is 5.78 Å². The third-order valence-corrected chi connectivity index (χ3v) is 3.31. The molecule has 0 saturated carbocycles. The van der Waals surface area contributed by atoms with Gasteiger partial charge in [-0.25, -0.2) is 0 Å². The summed E-state index contributed by atoms with van der Waals surface area (Å²) >= 11 is 5.69. The van der Waals surface area contributed by atoms with E-state index in [0.29, 0.717) is 16.0 Å². The van der Waals surface area contributed by atoms with E-state index < -0.39 is 17.5 Å². The fourth-order valence-corrected chi connectivity index (χ4v) is 2.27. The van der Waals surface area contributed by atoms with Gasteiger partial charge in [-0.3, -0.25) is 9.59 Å². The summed E-state index contributed by atoms with van der Waals surface area (Å²) in [5.74, 6) is -2.18. The number of Topliss-reactive ketones (excluding diaryl/α,β-unsaturated/α-hetero) is 1. The average Bonchev–Trinajstić information content (AvgIpc) is 2.78. The molecule has 1 aliphatic heterocycles. The van der Waals surface area contributed by atoms with Crippen LogP contribution in [0.25, 0.3) is 0 Å². The van der Waals surface area contributed by atoms with E-state index in [1.54, 1.807) is 0 Å². The van der Waals surface area contributed by atoms with Crippen molar-refractivity contribution >= 4 is 29.0 Å². The first-order valence-electron chi connectivity index (χ1n) is 5.91. The molecule has 108 valence electrons. The lowest BCUT2D eigenvalue weighted by Gasteiger charge is -2.18. The predicted molar refractivity (Wildman–Crippen MR) is 68.2 cm³/mol. The summed E-state index contributed by atoms with van der Waals surface area (Å²) < 4.78 is 37.3. The van der Waals surface area contributed by atoms with E-state index in [0.717, 1.165) is 0 Å². The number of anilines is 1. The highest BCUT2D eigenvalue weighted by Gasteiger charge is 2.44. The largest absolute Gasteiger partial charge is 0.471 e. The fraction of sp³-hybridized carbons (Fsp3) is 0.385. The van der Waals surface area contributed by atoms with Gasteiger partial charge in [0, 0.05) is 17.8 Å². The van der Waals surface area contributed by atoms with Crippen LogP contribution in [0.3, 0.4) is 0 Å². The summed E-state index contributed by atoms with van der Waals surface area (Å²) in [4.78, 5) is 23.7. The first kappa shape index (κ1) is 14.8. The number of rotatable bonds is 2. The molecule has 0 aliphatic carbocycles. The van der Waals surface area contributed by atoms with E-state index in [1.165, 1.54) is 25.1 Å². The van der Waals surface area contributed by atoms with Crippen molar-refractivity contribution in [3.63, 3.8) is 0 Å². The minimum absolute atomic E-state index is 0.0399. The Balaban J connectivity index is 2.32. The Bertz CT molecular complexity index is 569. The number of hydrogen-bond donors (Lipinski definition) is 0. The van der Waals surface area contributed by atoms with Crippen LogP contribution in [0.15, 0.2) is 18.2 Å². The second-order valence-electron chi connectivity index (χ2n) is 4.53. The molecule has 0 spiro atoms. The number of ketones is 1. The van der Waals surface area contributed by atoms with Crippen molar-refractivity contribution in [3.05, 3.63) is 29.3 Å². The average molecular weight is 306 g/mol. The van der Waals surface area contributed by atoms with Gasteiger partial charge < -0.3 is 4.90 Å². The molecule has 1 aliphatic rings. The summed E-state index contributed by atoms with van der Waals surface area (Å²) in [6.07, 6.45) is -4.62. The first-order chi connectivity index (χ1) is 9.21. The SMILES string of the molecule is CC(Cl)C(=O)c1ccc2c(c1)CCN2C(=O)C(F)(F)F. The number of fused-ring (bicyclic) bond motifs is 1. The minimum atomic E-state index is -4.90. The summed E-state index contributed by atoms with van der Waals surface area (Å²) in [5, 5.41) is -0.706. The lowest BCUT2D eigenvalue weighted by atomic mass is 10.0. The van der Waals surface area contributed by atoms with Crippen LogP contribution in [0.5, 0.6) is 0 Å². The number of hydrogen-bond acceptors (Lipinski definition) is 2. The highest BCUT2D eigenvalue weighted by Crippen LogP contribution is 2.32. The van der Waals surface area contributed by atoms with Gasteiger partial charge in [0.2, 0.25) is 0 Å². The van der Waals surface area contributed by atoms with E-state index in [1.807, 2.05) is 0 Å². The zero-order chi connectivity index (χ0) is 15.1. The third kappa shape index (κ3) is 2.65. The molecule has 1 atom stereocenters. The van der Waals surface area contributed by atoms with E-state index in [9.17, 15) is 22.8 Å². The van der Waals surface area contributed by atoms with Crippen LogP contribution < -0.4 is 4.90 Å². The summed E-state index contributed by atoms with van der Waals surface area (Å²) in [6, 6.07) is 4.25. The molecular formula is C13H11ClF3NO2. The van der Waals surface area contributed by atoms with E-state index in [4.69, 9.17) is 11.6 Å². The smallest absolute Gasteiger partial charge is 0.304 e. The maximum absolute atomic E-state index is 12.4. The lowest BCUT2D eigenvalue weighted by molar-refractivity contribution is -0.170. The van der Waals surface area contributed by atoms with E-state index >= 15 is 0 Å². The van der Waals surface area contributed by atoms with Gasteiger partial charge in [-0.1, -0.05) is 0 Å². The first-order valence-corrected chi connectivity index (χ1v) is 6.35. The van der Waals surface area contributed by atoms with Gasteiger partial charge in [0.05, 0.1) is 5.38 Å². The van der Waals surface area contributed by atoms with Crippen molar-refractivity contribution in [2.45, 2.75) is 24.9 Å². The van der Waals surface area contributed by atoms with Crippen LogP contribution in [0, 0.1) is 0 Å². The molecule has 0 saturated heterocycles. The van der Waals surface area contributed by atoms with Crippen molar-refractivity contribution in [2.75, 3.05) is 11.4 Å². The Morgan fingerprint density at radius 3 is 2.55 bits per heavy atom. The molecule has 1 unspecified atom stereocenters.